The average Bonchev–Trinajstić information content (AvgIpc) is 2.52. The molecule has 0 saturated heterocycles. The maximum Gasteiger partial charge on any atom is 0.0992 e. The molecule has 1 aliphatic rings. The predicted octanol–water partition coefficient (Wildman–Crippen LogP) is 4.08. The number of hydrogen-bond acceptors (Lipinski definition) is 3. The number of aliphatic hydroxyl groups is 1. The first kappa shape index (κ1) is 15.9. The SMILES string of the molecule is N#Cc1cccc(N[C@@H]2CCC[C@@H](CCCCCO)C2)c1. The van der Waals surface area contributed by atoms with Crippen molar-refractivity contribution >= 4 is 5.69 Å². The van der Waals surface area contributed by atoms with E-state index in [2.05, 4.69) is 11.4 Å². The number of unbranched alkanes of at least 4 members (excludes halogenated alkanes) is 2. The zero-order valence-corrected chi connectivity index (χ0v) is 12.7. The van der Waals surface area contributed by atoms with Crippen molar-refractivity contribution in [1.82, 2.24) is 0 Å². The third-order valence-corrected chi connectivity index (χ3v) is 4.42. The summed E-state index contributed by atoms with van der Waals surface area (Å²) in [4.78, 5) is 0. The van der Waals surface area contributed by atoms with E-state index in [1.807, 2.05) is 24.3 Å². The fourth-order valence-corrected chi connectivity index (χ4v) is 3.32. The molecular formula is C18H26N2O. The van der Waals surface area contributed by atoms with Crippen LogP contribution in [-0.4, -0.2) is 17.8 Å². The number of rotatable bonds is 7. The monoisotopic (exact) mass is 286 g/mol. The van der Waals surface area contributed by atoms with Crippen molar-refractivity contribution in [1.29, 1.82) is 5.26 Å². The number of aliphatic hydroxyl groups excluding tert-OH is 1. The summed E-state index contributed by atoms with van der Waals surface area (Å²) >= 11 is 0. The molecule has 0 bridgehead atoms. The molecule has 3 nitrogen and oxygen atoms in total. The minimum atomic E-state index is 0.323. The van der Waals surface area contributed by atoms with Crippen LogP contribution in [0.25, 0.3) is 0 Å². The lowest BCUT2D eigenvalue weighted by atomic mass is 9.82. The third-order valence-electron chi connectivity index (χ3n) is 4.42. The van der Waals surface area contributed by atoms with Crippen molar-refractivity contribution in [3.05, 3.63) is 29.8 Å². The van der Waals surface area contributed by atoms with Gasteiger partial charge in [-0.3, -0.25) is 0 Å². The molecule has 0 amide bonds. The van der Waals surface area contributed by atoms with E-state index in [4.69, 9.17) is 10.4 Å². The highest BCUT2D eigenvalue weighted by atomic mass is 16.2. The van der Waals surface area contributed by atoms with Crippen molar-refractivity contribution in [2.45, 2.75) is 57.4 Å². The van der Waals surface area contributed by atoms with E-state index in [9.17, 15) is 0 Å². The zero-order valence-electron chi connectivity index (χ0n) is 12.7. The molecular weight excluding hydrogens is 260 g/mol. The predicted molar refractivity (Wildman–Crippen MR) is 86.1 cm³/mol. The molecule has 21 heavy (non-hydrogen) atoms. The second-order valence-electron chi connectivity index (χ2n) is 6.14. The third kappa shape index (κ3) is 5.40. The lowest BCUT2D eigenvalue weighted by Crippen LogP contribution is -2.27. The van der Waals surface area contributed by atoms with Crippen LogP contribution >= 0.6 is 0 Å². The van der Waals surface area contributed by atoms with Gasteiger partial charge >= 0.3 is 0 Å². The van der Waals surface area contributed by atoms with Gasteiger partial charge in [0.2, 0.25) is 0 Å². The first-order chi connectivity index (χ1) is 10.3. The number of hydrogen-bond donors (Lipinski definition) is 2. The Morgan fingerprint density at radius 3 is 2.95 bits per heavy atom. The van der Waals surface area contributed by atoms with E-state index >= 15 is 0 Å². The second kappa shape index (κ2) is 8.69. The van der Waals surface area contributed by atoms with Crippen LogP contribution in [0.1, 0.15) is 56.9 Å². The van der Waals surface area contributed by atoms with Crippen LogP contribution in [0.4, 0.5) is 5.69 Å². The Morgan fingerprint density at radius 2 is 2.14 bits per heavy atom. The second-order valence-corrected chi connectivity index (χ2v) is 6.14. The molecule has 1 aromatic carbocycles. The van der Waals surface area contributed by atoms with E-state index in [-0.39, 0.29) is 0 Å². The Hall–Kier alpha value is -1.53. The van der Waals surface area contributed by atoms with Crippen molar-refractivity contribution in [3.63, 3.8) is 0 Å². The molecule has 0 aliphatic heterocycles. The number of anilines is 1. The molecule has 0 radical (unpaired) electrons. The first-order valence-corrected chi connectivity index (χ1v) is 8.19. The van der Waals surface area contributed by atoms with Gasteiger partial charge in [0.05, 0.1) is 11.6 Å². The van der Waals surface area contributed by atoms with Gasteiger partial charge in [-0.25, -0.2) is 0 Å². The Kier molecular flexibility index (Phi) is 6.56. The Balaban J connectivity index is 1.79. The summed E-state index contributed by atoms with van der Waals surface area (Å²) in [6.45, 7) is 0.323. The van der Waals surface area contributed by atoms with Gasteiger partial charge in [-0.1, -0.05) is 38.2 Å². The maximum absolute atomic E-state index is 8.96. The van der Waals surface area contributed by atoms with Gasteiger partial charge in [0.15, 0.2) is 0 Å². The molecule has 1 aromatic rings. The number of nitrogens with zero attached hydrogens (tertiary/aromatic N) is 1. The Labute approximate surface area is 128 Å². The Bertz CT molecular complexity index is 467. The fraction of sp³-hybridized carbons (Fsp3) is 0.611. The summed E-state index contributed by atoms with van der Waals surface area (Å²) in [6.07, 6.45) is 9.71. The highest BCUT2D eigenvalue weighted by molar-refractivity contribution is 5.49. The summed E-state index contributed by atoms with van der Waals surface area (Å²) in [7, 11) is 0. The summed E-state index contributed by atoms with van der Waals surface area (Å²) in [6, 6.07) is 10.5. The smallest absolute Gasteiger partial charge is 0.0992 e. The molecule has 2 atom stereocenters. The molecule has 1 saturated carbocycles. The molecule has 3 heteroatoms. The quantitative estimate of drug-likeness (QED) is 0.742. The van der Waals surface area contributed by atoms with E-state index in [0.717, 1.165) is 30.0 Å². The van der Waals surface area contributed by atoms with Crippen LogP contribution in [0, 0.1) is 17.2 Å². The largest absolute Gasteiger partial charge is 0.396 e. The van der Waals surface area contributed by atoms with Crippen LogP contribution in [0.2, 0.25) is 0 Å². The van der Waals surface area contributed by atoms with Gasteiger partial charge in [0.25, 0.3) is 0 Å². The van der Waals surface area contributed by atoms with Crippen molar-refractivity contribution in [3.8, 4) is 6.07 Å². The van der Waals surface area contributed by atoms with Gasteiger partial charge in [-0.05, 0) is 43.4 Å². The summed E-state index contributed by atoms with van der Waals surface area (Å²) < 4.78 is 0. The van der Waals surface area contributed by atoms with Crippen molar-refractivity contribution in [2.24, 2.45) is 5.92 Å². The van der Waals surface area contributed by atoms with Crippen LogP contribution < -0.4 is 5.32 Å². The lowest BCUT2D eigenvalue weighted by molar-refractivity contribution is 0.272. The van der Waals surface area contributed by atoms with Crippen LogP contribution in [0.5, 0.6) is 0 Å². The van der Waals surface area contributed by atoms with E-state index < -0.39 is 0 Å². The minimum absolute atomic E-state index is 0.323. The van der Waals surface area contributed by atoms with Crippen LogP contribution in [0.15, 0.2) is 24.3 Å². The summed E-state index contributed by atoms with van der Waals surface area (Å²) in [5, 5.41) is 21.4. The normalized spacial score (nSPS) is 21.7. The molecule has 2 N–H and O–H groups in total. The molecule has 114 valence electrons. The van der Waals surface area contributed by atoms with Crippen molar-refractivity contribution < 1.29 is 5.11 Å². The molecule has 0 unspecified atom stereocenters. The standard InChI is InChI=1S/C18H26N2O/c19-14-16-8-5-10-18(13-16)20-17-9-4-7-15(12-17)6-2-1-3-11-21/h5,8,10,13,15,17,20-21H,1-4,6-7,9,11-12H2/t15-,17-/m1/s1. The van der Waals surface area contributed by atoms with Gasteiger partial charge in [0, 0.05) is 18.3 Å². The average molecular weight is 286 g/mol. The fourth-order valence-electron chi connectivity index (χ4n) is 3.32. The van der Waals surface area contributed by atoms with Crippen molar-refractivity contribution in [2.75, 3.05) is 11.9 Å². The van der Waals surface area contributed by atoms with Gasteiger partial charge in [-0.15, -0.1) is 0 Å². The lowest BCUT2D eigenvalue weighted by Gasteiger charge is -2.30. The zero-order chi connectivity index (χ0) is 14.9. The Morgan fingerprint density at radius 1 is 1.24 bits per heavy atom. The number of nitriles is 1. The van der Waals surface area contributed by atoms with E-state index in [1.165, 1.54) is 38.5 Å². The van der Waals surface area contributed by atoms with Gasteiger partial charge in [-0.2, -0.15) is 5.26 Å². The molecule has 0 heterocycles. The highest BCUT2D eigenvalue weighted by Gasteiger charge is 2.21. The van der Waals surface area contributed by atoms with Gasteiger partial charge in [0.1, 0.15) is 0 Å². The molecule has 2 rings (SSSR count). The first-order valence-electron chi connectivity index (χ1n) is 8.19. The van der Waals surface area contributed by atoms with E-state index in [1.54, 1.807) is 0 Å². The van der Waals surface area contributed by atoms with Crippen LogP contribution in [-0.2, 0) is 0 Å². The molecule has 1 fully saturated rings. The van der Waals surface area contributed by atoms with Gasteiger partial charge < -0.3 is 10.4 Å². The topological polar surface area (TPSA) is 56.0 Å². The molecule has 0 aromatic heterocycles. The number of nitrogens with one attached hydrogen (secondary N) is 1. The minimum Gasteiger partial charge on any atom is -0.396 e. The molecule has 1 aliphatic carbocycles. The van der Waals surface area contributed by atoms with E-state index in [0.29, 0.717) is 12.6 Å². The molecule has 0 spiro atoms. The van der Waals surface area contributed by atoms with Crippen LogP contribution in [0.3, 0.4) is 0 Å². The highest BCUT2D eigenvalue weighted by Crippen LogP contribution is 2.30. The maximum atomic E-state index is 8.96. The summed E-state index contributed by atoms with van der Waals surface area (Å²) in [5.41, 5.74) is 1.79. The summed E-state index contributed by atoms with van der Waals surface area (Å²) in [5.74, 6) is 0.814. The number of benzene rings is 1.